The number of rotatable bonds is 3. The van der Waals surface area contributed by atoms with Crippen molar-refractivity contribution < 1.29 is 9.53 Å². The van der Waals surface area contributed by atoms with Crippen molar-refractivity contribution in [1.29, 1.82) is 0 Å². The average molecular weight is 337 g/mol. The minimum absolute atomic E-state index is 0.218. The third-order valence-corrected chi connectivity index (χ3v) is 7.10. The fourth-order valence-corrected chi connectivity index (χ4v) is 5.15. The molecule has 0 bridgehead atoms. The van der Waals surface area contributed by atoms with Gasteiger partial charge >= 0.3 is 0 Å². The van der Waals surface area contributed by atoms with Gasteiger partial charge in [-0.05, 0) is 58.2 Å². The van der Waals surface area contributed by atoms with Crippen LogP contribution in [-0.2, 0) is 4.74 Å². The molecule has 3 rings (SSSR count). The standard InChI is InChI=1S/C18H28N2O2S/c1-13-11-16(23-14(13)2)17(21)20-9-7-18(8-10-20)6-5-15(12-22-4)19(18)3/h11,15H,5-10,12H2,1-4H3. The molecule has 1 aromatic rings. The molecule has 0 N–H and O–H groups in total. The van der Waals surface area contributed by atoms with Gasteiger partial charge in [-0.25, -0.2) is 0 Å². The van der Waals surface area contributed by atoms with Crippen molar-refractivity contribution in [1.82, 2.24) is 9.80 Å². The normalized spacial score (nSPS) is 24.5. The zero-order chi connectivity index (χ0) is 16.6. The molecule has 1 unspecified atom stereocenters. The van der Waals surface area contributed by atoms with Gasteiger partial charge in [-0.2, -0.15) is 0 Å². The van der Waals surface area contributed by atoms with Crippen LogP contribution in [0.25, 0.3) is 0 Å². The Kier molecular flexibility index (Phi) is 4.81. The van der Waals surface area contributed by atoms with Crippen molar-refractivity contribution in [3.8, 4) is 0 Å². The first-order chi connectivity index (χ1) is 11.0. The number of thiophene rings is 1. The van der Waals surface area contributed by atoms with Crippen LogP contribution in [0.2, 0.25) is 0 Å². The van der Waals surface area contributed by atoms with E-state index in [2.05, 4.69) is 25.8 Å². The van der Waals surface area contributed by atoms with Crippen LogP contribution >= 0.6 is 11.3 Å². The highest BCUT2D eigenvalue weighted by atomic mass is 32.1. The molecule has 1 aromatic heterocycles. The second-order valence-corrected chi connectivity index (χ2v) is 8.38. The molecule has 0 saturated carbocycles. The van der Waals surface area contributed by atoms with Gasteiger partial charge in [0, 0.05) is 36.7 Å². The second kappa shape index (κ2) is 6.54. The summed E-state index contributed by atoms with van der Waals surface area (Å²) >= 11 is 1.63. The van der Waals surface area contributed by atoms with Crippen molar-refractivity contribution in [2.75, 3.05) is 33.9 Å². The number of hydrogen-bond donors (Lipinski definition) is 0. The summed E-state index contributed by atoms with van der Waals surface area (Å²) in [7, 11) is 4.02. The largest absolute Gasteiger partial charge is 0.383 e. The van der Waals surface area contributed by atoms with Crippen LogP contribution in [0.4, 0.5) is 0 Å². The van der Waals surface area contributed by atoms with Crippen LogP contribution in [-0.4, -0.2) is 61.1 Å². The SMILES string of the molecule is COCC1CCC2(CCN(C(=O)c3cc(C)c(C)s3)CC2)N1C. The van der Waals surface area contributed by atoms with Crippen molar-refractivity contribution in [3.63, 3.8) is 0 Å². The molecule has 23 heavy (non-hydrogen) atoms. The number of methoxy groups -OCH3 is 1. The summed E-state index contributed by atoms with van der Waals surface area (Å²) in [6.07, 6.45) is 4.61. The number of amides is 1. The number of ether oxygens (including phenoxy) is 1. The first kappa shape index (κ1) is 16.9. The number of nitrogens with zero attached hydrogens (tertiary/aromatic N) is 2. The molecule has 0 aliphatic carbocycles. The Morgan fingerprint density at radius 2 is 2.04 bits per heavy atom. The summed E-state index contributed by atoms with van der Waals surface area (Å²) in [5.74, 6) is 0.218. The minimum atomic E-state index is 0.218. The molecule has 1 atom stereocenters. The maximum absolute atomic E-state index is 12.7. The third kappa shape index (κ3) is 3.06. The van der Waals surface area contributed by atoms with Gasteiger partial charge < -0.3 is 9.64 Å². The number of likely N-dealkylation sites (N-methyl/N-ethyl adjacent to an activating group) is 1. The molecule has 5 heteroatoms. The topological polar surface area (TPSA) is 32.8 Å². The van der Waals surface area contributed by atoms with Crippen LogP contribution in [0.1, 0.15) is 45.8 Å². The Hall–Kier alpha value is -0.910. The Morgan fingerprint density at radius 1 is 1.35 bits per heavy atom. The molecule has 2 aliphatic heterocycles. The second-order valence-electron chi connectivity index (χ2n) is 7.13. The van der Waals surface area contributed by atoms with E-state index in [0.717, 1.165) is 37.4 Å². The van der Waals surface area contributed by atoms with Crippen LogP contribution in [0.15, 0.2) is 6.07 Å². The Labute approximate surface area is 143 Å². The van der Waals surface area contributed by atoms with E-state index >= 15 is 0 Å². The summed E-state index contributed by atoms with van der Waals surface area (Å²) < 4.78 is 5.36. The lowest BCUT2D eigenvalue weighted by molar-refractivity contribution is 0.0275. The van der Waals surface area contributed by atoms with E-state index in [0.29, 0.717) is 6.04 Å². The van der Waals surface area contributed by atoms with Crippen molar-refractivity contribution in [2.45, 2.75) is 51.1 Å². The molecule has 0 radical (unpaired) electrons. The number of carbonyl (C=O) groups is 1. The quantitative estimate of drug-likeness (QED) is 0.850. The Balaban J connectivity index is 1.63. The van der Waals surface area contributed by atoms with Gasteiger partial charge in [-0.15, -0.1) is 11.3 Å². The van der Waals surface area contributed by atoms with E-state index in [1.54, 1.807) is 18.4 Å². The lowest BCUT2D eigenvalue weighted by Gasteiger charge is -2.45. The van der Waals surface area contributed by atoms with Crippen molar-refractivity contribution >= 4 is 17.2 Å². The van der Waals surface area contributed by atoms with Gasteiger partial charge in [0.05, 0.1) is 11.5 Å². The lowest BCUT2D eigenvalue weighted by atomic mass is 9.85. The van der Waals surface area contributed by atoms with E-state index < -0.39 is 0 Å². The summed E-state index contributed by atoms with van der Waals surface area (Å²) in [4.78, 5) is 19.4. The summed E-state index contributed by atoms with van der Waals surface area (Å²) in [6.45, 7) is 6.73. The van der Waals surface area contributed by atoms with E-state index in [9.17, 15) is 4.79 Å². The third-order valence-electron chi connectivity index (χ3n) is 5.96. The van der Waals surface area contributed by atoms with Crippen LogP contribution < -0.4 is 0 Å². The Morgan fingerprint density at radius 3 is 2.61 bits per heavy atom. The number of carbonyl (C=O) groups excluding carboxylic acids is 1. The summed E-state index contributed by atoms with van der Waals surface area (Å²) in [5.41, 5.74) is 1.51. The molecular weight excluding hydrogens is 308 g/mol. The zero-order valence-corrected chi connectivity index (χ0v) is 15.5. The van der Waals surface area contributed by atoms with Gasteiger partial charge in [0.1, 0.15) is 0 Å². The number of piperidine rings is 1. The molecule has 0 aromatic carbocycles. The van der Waals surface area contributed by atoms with Crippen LogP contribution in [0.5, 0.6) is 0 Å². The molecule has 1 amide bonds. The molecule has 2 aliphatic rings. The van der Waals surface area contributed by atoms with Gasteiger partial charge in [0.2, 0.25) is 0 Å². The smallest absolute Gasteiger partial charge is 0.263 e. The molecule has 3 heterocycles. The maximum atomic E-state index is 12.7. The number of likely N-dealkylation sites (tertiary alicyclic amines) is 2. The maximum Gasteiger partial charge on any atom is 0.263 e. The number of hydrogen-bond acceptors (Lipinski definition) is 4. The van der Waals surface area contributed by atoms with Crippen LogP contribution in [0.3, 0.4) is 0 Å². The van der Waals surface area contributed by atoms with Gasteiger partial charge in [-0.3, -0.25) is 9.69 Å². The molecule has 2 saturated heterocycles. The predicted octanol–water partition coefficient (Wildman–Crippen LogP) is 3.08. The lowest BCUT2D eigenvalue weighted by Crippen LogP contribution is -2.53. The first-order valence-electron chi connectivity index (χ1n) is 8.55. The molecule has 2 fully saturated rings. The summed E-state index contributed by atoms with van der Waals surface area (Å²) in [5, 5.41) is 0. The van der Waals surface area contributed by atoms with Gasteiger partial charge in [0.25, 0.3) is 5.91 Å². The van der Waals surface area contributed by atoms with E-state index in [1.165, 1.54) is 23.3 Å². The average Bonchev–Trinajstić information content (AvgIpc) is 3.03. The highest BCUT2D eigenvalue weighted by Crippen LogP contribution is 2.41. The highest BCUT2D eigenvalue weighted by molar-refractivity contribution is 7.14. The van der Waals surface area contributed by atoms with Crippen LogP contribution in [0, 0.1) is 13.8 Å². The van der Waals surface area contributed by atoms with Crippen molar-refractivity contribution in [2.24, 2.45) is 0 Å². The molecular formula is C18H28N2O2S. The first-order valence-corrected chi connectivity index (χ1v) is 9.37. The van der Waals surface area contributed by atoms with Crippen molar-refractivity contribution in [3.05, 3.63) is 21.4 Å². The molecule has 4 nitrogen and oxygen atoms in total. The monoisotopic (exact) mass is 336 g/mol. The number of aryl methyl sites for hydroxylation is 2. The van der Waals surface area contributed by atoms with E-state index in [4.69, 9.17) is 4.74 Å². The zero-order valence-electron chi connectivity index (χ0n) is 14.7. The highest BCUT2D eigenvalue weighted by Gasteiger charge is 2.46. The van der Waals surface area contributed by atoms with E-state index in [-0.39, 0.29) is 11.4 Å². The predicted molar refractivity (Wildman–Crippen MR) is 94.3 cm³/mol. The minimum Gasteiger partial charge on any atom is -0.383 e. The Bertz CT molecular complexity index is 556. The van der Waals surface area contributed by atoms with Gasteiger partial charge in [-0.1, -0.05) is 0 Å². The van der Waals surface area contributed by atoms with E-state index in [1.807, 2.05) is 11.0 Å². The fourth-order valence-electron chi connectivity index (χ4n) is 4.14. The van der Waals surface area contributed by atoms with Gasteiger partial charge in [0.15, 0.2) is 0 Å². The molecule has 1 spiro atoms. The molecule has 128 valence electrons. The fraction of sp³-hybridized carbons (Fsp3) is 0.722. The summed E-state index contributed by atoms with van der Waals surface area (Å²) in [6, 6.07) is 2.58.